The molecular weight excluding hydrogens is 864 g/mol. The molecule has 0 radical (unpaired) electrons. The van der Waals surface area contributed by atoms with E-state index in [1.54, 1.807) is 0 Å². The number of phosphoric ester groups is 1. The highest BCUT2D eigenvalue weighted by molar-refractivity contribution is 7.47. The van der Waals surface area contributed by atoms with Crippen LogP contribution in [0, 0.1) is 0 Å². The minimum absolute atomic E-state index is 0.0806. The molecule has 6 atom stereocenters. The summed E-state index contributed by atoms with van der Waals surface area (Å²) < 4.78 is 33.6. The molecule has 0 bridgehead atoms. The minimum atomic E-state index is -5.13. The Hall–Kier alpha value is -2.19. The van der Waals surface area contributed by atoms with Crippen molar-refractivity contribution in [2.75, 3.05) is 13.2 Å². The summed E-state index contributed by atoms with van der Waals surface area (Å²) in [5.74, 6) is -1.12. The van der Waals surface area contributed by atoms with Gasteiger partial charge >= 0.3 is 19.8 Å². The van der Waals surface area contributed by atoms with Gasteiger partial charge in [-0.25, -0.2) is 4.57 Å². The number of hydrogen-bond acceptors (Lipinski definition) is 12. The van der Waals surface area contributed by atoms with Gasteiger partial charge in [0.2, 0.25) is 0 Å². The number of phosphoric acid groups is 1. The Kier molecular flexibility index (Phi) is 39.1. The fourth-order valence-corrected chi connectivity index (χ4v) is 8.67. The smallest absolute Gasteiger partial charge is 0.462 e. The van der Waals surface area contributed by atoms with E-state index in [0.717, 1.165) is 89.9 Å². The summed E-state index contributed by atoms with van der Waals surface area (Å²) in [6.45, 7) is 3.28. The van der Waals surface area contributed by atoms with E-state index in [-0.39, 0.29) is 12.8 Å². The Morgan fingerprint density at radius 2 is 0.818 bits per heavy atom. The number of carbonyl (C=O) groups is 2. The maximum atomic E-state index is 12.9. The SMILES string of the molecule is CCCCC/C=C\C/C=C\C/C=C\CCCCCCCCC(=O)OC(COC(=O)CCCCCCCCC/C=C\CCCCCCCCC)COP(=O)(O)OC1C(O)C(O)C(O)C(O)C1O. The summed E-state index contributed by atoms with van der Waals surface area (Å²) in [5, 5.41) is 50.3. The molecule has 1 rings (SSSR count). The summed E-state index contributed by atoms with van der Waals surface area (Å²) in [7, 11) is -5.13. The van der Waals surface area contributed by atoms with E-state index < -0.39 is 75.7 Å². The number of rotatable bonds is 43. The number of aliphatic hydroxyl groups excluding tert-OH is 5. The normalized spacial score (nSPS) is 21.6. The summed E-state index contributed by atoms with van der Waals surface area (Å²) in [6.07, 6.45) is 37.2. The molecule has 6 N–H and O–H groups in total. The Morgan fingerprint density at radius 1 is 0.470 bits per heavy atom. The third-order valence-electron chi connectivity index (χ3n) is 11.9. The van der Waals surface area contributed by atoms with Crippen molar-refractivity contribution in [3.63, 3.8) is 0 Å². The Labute approximate surface area is 399 Å². The largest absolute Gasteiger partial charge is 0.472 e. The summed E-state index contributed by atoms with van der Waals surface area (Å²) in [6, 6.07) is 0. The second-order valence-electron chi connectivity index (χ2n) is 18.0. The lowest BCUT2D eigenvalue weighted by molar-refractivity contribution is -0.220. The number of unbranched alkanes of at least 4 members (excludes halogenated alkanes) is 23. The molecule has 0 aliphatic heterocycles. The van der Waals surface area contributed by atoms with Gasteiger partial charge < -0.3 is 39.9 Å². The van der Waals surface area contributed by atoms with Crippen molar-refractivity contribution in [3.05, 3.63) is 48.6 Å². The van der Waals surface area contributed by atoms with Crippen LogP contribution in [0.15, 0.2) is 48.6 Å². The van der Waals surface area contributed by atoms with E-state index >= 15 is 0 Å². The molecule has 0 spiro atoms. The van der Waals surface area contributed by atoms with Crippen molar-refractivity contribution < 1.29 is 63.1 Å². The van der Waals surface area contributed by atoms with Crippen molar-refractivity contribution in [2.24, 2.45) is 0 Å². The predicted octanol–water partition coefficient (Wildman–Crippen LogP) is 11.1. The van der Waals surface area contributed by atoms with Crippen molar-refractivity contribution in [2.45, 2.75) is 256 Å². The monoisotopic (exact) mass is 957 g/mol. The Bertz CT molecular complexity index is 1340. The first kappa shape index (κ1) is 61.8. The van der Waals surface area contributed by atoms with Gasteiger partial charge in [-0.05, 0) is 77.0 Å². The molecule has 0 saturated heterocycles. The highest BCUT2D eigenvalue weighted by Crippen LogP contribution is 2.47. The molecule has 0 amide bonds. The topological polar surface area (TPSA) is 210 Å². The van der Waals surface area contributed by atoms with Crippen molar-refractivity contribution in [3.8, 4) is 0 Å². The van der Waals surface area contributed by atoms with Crippen LogP contribution >= 0.6 is 7.82 Å². The Morgan fingerprint density at radius 3 is 1.29 bits per heavy atom. The molecular formula is C52H93O13P. The fourth-order valence-electron chi connectivity index (χ4n) is 7.70. The lowest BCUT2D eigenvalue weighted by atomic mass is 9.85. The van der Waals surface area contributed by atoms with Gasteiger partial charge in [0.1, 0.15) is 43.2 Å². The average molecular weight is 957 g/mol. The molecule has 384 valence electrons. The second-order valence-corrected chi connectivity index (χ2v) is 19.4. The number of aliphatic hydroxyl groups is 5. The van der Waals surface area contributed by atoms with Crippen molar-refractivity contribution in [1.29, 1.82) is 0 Å². The molecule has 66 heavy (non-hydrogen) atoms. The van der Waals surface area contributed by atoms with Crippen LogP contribution in [-0.2, 0) is 32.7 Å². The lowest BCUT2D eigenvalue weighted by Crippen LogP contribution is -2.64. The molecule has 0 heterocycles. The van der Waals surface area contributed by atoms with Crippen molar-refractivity contribution >= 4 is 19.8 Å². The first-order valence-electron chi connectivity index (χ1n) is 25.9. The quantitative estimate of drug-likeness (QED) is 0.0146. The zero-order chi connectivity index (χ0) is 48.5. The molecule has 14 heteroatoms. The lowest BCUT2D eigenvalue weighted by Gasteiger charge is -2.41. The molecule has 1 aliphatic carbocycles. The van der Waals surface area contributed by atoms with Crippen LogP contribution in [0.5, 0.6) is 0 Å². The second kappa shape index (κ2) is 41.8. The van der Waals surface area contributed by atoms with Crippen LogP contribution in [0.25, 0.3) is 0 Å². The van der Waals surface area contributed by atoms with Gasteiger partial charge in [0.15, 0.2) is 6.10 Å². The van der Waals surface area contributed by atoms with Crippen LogP contribution in [0.4, 0.5) is 0 Å². The van der Waals surface area contributed by atoms with E-state index in [2.05, 4.69) is 62.5 Å². The van der Waals surface area contributed by atoms with Gasteiger partial charge in [-0.3, -0.25) is 18.6 Å². The van der Waals surface area contributed by atoms with Gasteiger partial charge in [0, 0.05) is 12.8 Å². The minimum Gasteiger partial charge on any atom is -0.462 e. The van der Waals surface area contributed by atoms with E-state index in [0.29, 0.717) is 12.8 Å². The number of allylic oxidation sites excluding steroid dienone is 8. The molecule has 0 aromatic rings. The maximum absolute atomic E-state index is 12.9. The zero-order valence-corrected chi connectivity index (χ0v) is 41.9. The van der Waals surface area contributed by atoms with E-state index in [9.17, 15) is 44.6 Å². The predicted molar refractivity (Wildman–Crippen MR) is 263 cm³/mol. The van der Waals surface area contributed by atoms with E-state index in [4.69, 9.17) is 18.5 Å². The first-order chi connectivity index (χ1) is 31.9. The van der Waals surface area contributed by atoms with Crippen LogP contribution in [-0.4, -0.2) is 98.3 Å². The number of hydrogen-bond donors (Lipinski definition) is 6. The number of carbonyl (C=O) groups excluding carboxylic acids is 2. The van der Waals surface area contributed by atoms with E-state index in [1.165, 1.54) is 83.5 Å². The van der Waals surface area contributed by atoms with Gasteiger partial charge in [0.25, 0.3) is 0 Å². The van der Waals surface area contributed by atoms with Crippen LogP contribution in [0.3, 0.4) is 0 Å². The average Bonchev–Trinajstić information content (AvgIpc) is 3.30. The summed E-state index contributed by atoms with van der Waals surface area (Å²) in [4.78, 5) is 35.8. The summed E-state index contributed by atoms with van der Waals surface area (Å²) >= 11 is 0. The fraction of sp³-hybridized carbons (Fsp3) is 0.808. The van der Waals surface area contributed by atoms with Crippen LogP contribution in [0.1, 0.15) is 213 Å². The van der Waals surface area contributed by atoms with Gasteiger partial charge in [-0.2, -0.15) is 0 Å². The van der Waals surface area contributed by atoms with Gasteiger partial charge in [0.05, 0.1) is 6.61 Å². The first-order valence-corrected chi connectivity index (χ1v) is 27.4. The molecule has 0 aromatic carbocycles. The van der Waals surface area contributed by atoms with Crippen molar-refractivity contribution in [1.82, 2.24) is 0 Å². The van der Waals surface area contributed by atoms with Crippen LogP contribution < -0.4 is 0 Å². The standard InChI is InChI=1S/C52H93O13P/c1-3-5-7-9-11-13-15-17-19-21-23-25-27-29-31-33-35-37-39-41-46(54)64-44(43-63-66(60,61)65-52-50(58)48(56)47(55)49(57)51(52)59)42-62-45(53)40-38-36-34-32-30-28-26-24-22-20-18-16-14-12-10-8-6-4-2/h11,13,17,19-20,22-23,25,44,47-52,55-59H,3-10,12,14-16,18,21,24,26-43H2,1-2H3,(H,60,61)/b13-11-,19-17-,22-20-,25-23-. The molecule has 6 unspecified atom stereocenters. The third kappa shape index (κ3) is 33.3. The zero-order valence-electron chi connectivity index (χ0n) is 41.0. The highest BCUT2D eigenvalue weighted by Gasteiger charge is 2.51. The third-order valence-corrected chi connectivity index (χ3v) is 12.9. The molecule has 1 saturated carbocycles. The van der Waals surface area contributed by atoms with Gasteiger partial charge in [-0.15, -0.1) is 0 Å². The van der Waals surface area contributed by atoms with E-state index in [1.807, 2.05) is 0 Å². The molecule has 1 fully saturated rings. The molecule has 0 aromatic heterocycles. The Balaban J connectivity index is 2.42. The maximum Gasteiger partial charge on any atom is 0.472 e. The number of ether oxygens (including phenoxy) is 2. The van der Waals surface area contributed by atoms with Crippen LogP contribution in [0.2, 0.25) is 0 Å². The number of esters is 2. The highest BCUT2D eigenvalue weighted by atomic mass is 31.2. The molecule has 1 aliphatic rings. The van der Waals surface area contributed by atoms with Gasteiger partial charge in [-0.1, -0.05) is 172 Å². The summed E-state index contributed by atoms with van der Waals surface area (Å²) in [5.41, 5.74) is 0. The molecule has 13 nitrogen and oxygen atoms in total.